The molecule has 0 saturated heterocycles. The Morgan fingerprint density at radius 2 is 1.88 bits per heavy atom. The maximum Gasteiger partial charge on any atom is 0.304 e. The van der Waals surface area contributed by atoms with Crippen molar-refractivity contribution in [1.82, 2.24) is 9.62 Å². The van der Waals surface area contributed by atoms with Crippen molar-refractivity contribution in [2.24, 2.45) is 11.8 Å². The molecule has 0 aliphatic heterocycles. The van der Waals surface area contributed by atoms with Gasteiger partial charge in [0.15, 0.2) is 0 Å². The highest BCUT2D eigenvalue weighted by Crippen LogP contribution is 2.44. The number of nitrogens with one attached hydrogen (secondary N) is 1. The lowest BCUT2D eigenvalue weighted by molar-refractivity contribution is -0.120. The number of benzene rings is 1. The number of hydrogen-bond donors (Lipinski definition) is 1. The normalized spacial score (nSPS) is 25.4. The molecule has 2 aliphatic rings. The van der Waals surface area contributed by atoms with Crippen molar-refractivity contribution < 1.29 is 17.6 Å². The van der Waals surface area contributed by atoms with E-state index >= 15 is 0 Å². The molecule has 0 heterocycles. The first kappa shape index (κ1) is 18.1. The standard InChI is InChI=1S/C17H24FN3O3S/c1-20(2)25(23,24)21(15-7-5-14(18)6-8-15)11-17(22)19-16-10-12-3-4-13(16)9-12/h5-8,12-13,16H,3-4,9-11H2,1-2H3,(H,19,22)/t12-,13-,16-/m1/s1. The van der Waals surface area contributed by atoms with Gasteiger partial charge in [-0.3, -0.25) is 4.79 Å². The van der Waals surface area contributed by atoms with E-state index in [2.05, 4.69) is 5.32 Å². The van der Waals surface area contributed by atoms with Crippen LogP contribution in [0.1, 0.15) is 25.7 Å². The lowest BCUT2D eigenvalue weighted by Gasteiger charge is -2.28. The maximum absolute atomic E-state index is 13.2. The zero-order chi connectivity index (χ0) is 18.2. The number of amides is 1. The van der Waals surface area contributed by atoms with Crippen molar-refractivity contribution in [2.75, 3.05) is 24.9 Å². The van der Waals surface area contributed by atoms with Crippen LogP contribution in [0.15, 0.2) is 24.3 Å². The van der Waals surface area contributed by atoms with Gasteiger partial charge in [0, 0.05) is 20.1 Å². The van der Waals surface area contributed by atoms with Gasteiger partial charge in [-0.1, -0.05) is 6.42 Å². The number of fused-ring (bicyclic) bond motifs is 2. The average Bonchev–Trinajstić information content (AvgIpc) is 3.16. The number of carbonyl (C=O) groups is 1. The molecule has 0 unspecified atom stereocenters. The van der Waals surface area contributed by atoms with Crippen molar-refractivity contribution in [3.05, 3.63) is 30.1 Å². The first-order valence-corrected chi connectivity index (χ1v) is 9.92. The monoisotopic (exact) mass is 369 g/mol. The van der Waals surface area contributed by atoms with E-state index < -0.39 is 16.0 Å². The lowest BCUT2D eigenvalue weighted by Crippen LogP contribution is -2.48. The molecular weight excluding hydrogens is 345 g/mol. The zero-order valence-corrected chi connectivity index (χ0v) is 15.3. The Kier molecular flexibility index (Phi) is 5.02. The molecule has 0 spiro atoms. The largest absolute Gasteiger partial charge is 0.352 e. The summed E-state index contributed by atoms with van der Waals surface area (Å²) >= 11 is 0. The van der Waals surface area contributed by atoms with Crippen LogP contribution in [0.3, 0.4) is 0 Å². The van der Waals surface area contributed by atoms with Crippen LogP contribution in [0.4, 0.5) is 10.1 Å². The lowest BCUT2D eigenvalue weighted by atomic mass is 9.95. The van der Waals surface area contributed by atoms with Crippen LogP contribution in [0.2, 0.25) is 0 Å². The van der Waals surface area contributed by atoms with Gasteiger partial charge in [-0.15, -0.1) is 0 Å². The minimum absolute atomic E-state index is 0.142. The summed E-state index contributed by atoms with van der Waals surface area (Å²) in [6, 6.07) is 5.23. The van der Waals surface area contributed by atoms with Crippen LogP contribution >= 0.6 is 0 Å². The summed E-state index contributed by atoms with van der Waals surface area (Å²) in [5.74, 6) is 0.414. The molecule has 2 fully saturated rings. The van der Waals surface area contributed by atoms with Crippen molar-refractivity contribution >= 4 is 21.8 Å². The Balaban J connectivity index is 1.75. The average molecular weight is 369 g/mol. The predicted molar refractivity (Wildman–Crippen MR) is 93.7 cm³/mol. The van der Waals surface area contributed by atoms with Gasteiger partial charge in [0.1, 0.15) is 12.4 Å². The molecule has 2 bridgehead atoms. The van der Waals surface area contributed by atoms with E-state index in [1.165, 1.54) is 44.8 Å². The van der Waals surface area contributed by atoms with Gasteiger partial charge in [0.05, 0.1) is 5.69 Å². The summed E-state index contributed by atoms with van der Waals surface area (Å²) < 4.78 is 40.4. The fourth-order valence-electron chi connectivity index (χ4n) is 3.91. The Hall–Kier alpha value is -1.67. The molecule has 3 atom stereocenters. The third-order valence-electron chi connectivity index (χ3n) is 5.23. The molecular formula is C17H24FN3O3S. The van der Waals surface area contributed by atoms with Gasteiger partial charge in [-0.25, -0.2) is 8.70 Å². The van der Waals surface area contributed by atoms with Gasteiger partial charge in [0.2, 0.25) is 5.91 Å². The highest BCUT2D eigenvalue weighted by atomic mass is 32.2. The van der Waals surface area contributed by atoms with Crippen LogP contribution in [0.5, 0.6) is 0 Å². The Bertz CT molecular complexity index is 736. The van der Waals surface area contributed by atoms with Gasteiger partial charge < -0.3 is 5.32 Å². The predicted octanol–water partition coefficient (Wildman–Crippen LogP) is 1.74. The van der Waals surface area contributed by atoms with E-state index in [4.69, 9.17) is 0 Å². The Morgan fingerprint density at radius 1 is 1.20 bits per heavy atom. The van der Waals surface area contributed by atoms with Crippen LogP contribution in [0, 0.1) is 17.7 Å². The number of nitrogens with zero attached hydrogens (tertiary/aromatic N) is 2. The van der Waals surface area contributed by atoms with Gasteiger partial charge in [-0.2, -0.15) is 12.7 Å². The highest BCUT2D eigenvalue weighted by Gasteiger charge is 2.40. The fraction of sp³-hybridized carbons (Fsp3) is 0.588. The van der Waals surface area contributed by atoms with E-state index in [1.54, 1.807) is 0 Å². The van der Waals surface area contributed by atoms with Crippen molar-refractivity contribution in [1.29, 1.82) is 0 Å². The summed E-state index contributed by atoms with van der Waals surface area (Å²) in [5, 5.41) is 3.00. The molecule has 138 valence electrons. The summed E-state index contributed by atoms with van der Waals surface area (Å²) in [4.78, 5) is 12.5. The third kappa shape index (κ3) is 3.79. The molecule has 2 aliphatic carbocycles. The molecule has 1 aromatic carbocycles. The van der Waals surface area contributed by atoms with Gasteiger partial charge in [-0.05, 0) is 55.4 Å². The molecule has 1 N–H and O–H groups in total. The van der Waals surface area contributed by atoms with Crippen LogP contribution in [-0.2, 0) is 15.0 Å². The zero-order valence-electron chi connectivity index (χ0n) is 14.5. The number of rotatable bonds is 6. The molecule has 0 aromatic heterocycles. The molecule has 0 radical (unpaired) electrons. The molecule has 3 rings (SSSR count). The maximum atomic E-state index is 13.2. The molecule has 1 amide bonds. The second-order valence-electron chi connectivity index (χ2n) is 7.12. The number of hydrogen-bond acceptors (Lipinski definition) is 3. The van der Waals surface area contributed by atoms with E-state index in [-0.39, 0.29) is 24.2 Å². The van der Waals surface area contributed by atoms with Gasteiger partial charge in [0.25, 0.3) is 0 Å². The number of anilines is 1. The first-order valence-electron chi connectivity index (χ1n) is 8.52. The summed E-state index contributed by atoms with van der Waals surface area (Å²) in [7, 11) is -1.06. The molecule has 1 aromatic rings. The molecule has 2 saturated carbocycles. The minimum Gasteiger partial charge on any atom is -0.352 e. The van der Waals surface area contributed by atoms with Crippen LogP contribution in [0.25, 0.3) is 0 Å². The second kappa shape index (κ2) is 6.92. The van der Waals surface area contributed by atoms with E-state index in [0.717, 1.165) is 27.9 Å². The van der Waals surface area contributed by atoms with Gasteiger partial charge >= 0.3 is 10.2 Å². The molecule has 8 heteroatoms. The Morgan fingerprint density at radius 3 is 2.40 bits per heavy atom. The van der Waals surface area contributed by atoms with Crippen molar-refractivity contribution in [3.8, 4) is 0 Å². The highest BCUT2D eigenvalue weighted by molar-refractivity contribution is 7.90. The summed E-state index contributed by atoms with van der Waals surface area (Å²) in [6.07, 6.45) is 4.50. The van der Waals surface area contributed by atoms with E-state index in [0.29, 0.717) is 11.8 Å². The number of carbonyl (C=O) groups excluding carboxylic acids is 1. The third-order valence-corrected chi connectivity index (χ3v) is 7.05. The van der Waals surface area contributed by atoms with Crippen LogP contribution < -0.4 is 9.62 Å². The molecule has 6 nitrogen and oxygen atoms in total. The SMILES string of the molecule is CN(C)S(=O)(=O)N(CC(=O)N[C@@H]1C[C@@H]2CC[C@@H]1C2)c1ccc(F)cc1. The van der Waals surface area contributed by atoms with Crippen molar-refractivity contribution in [3.63, 3.8) is 0 Å². The van der Waals surface area contributed by atoms with E-state index in [1.807, 2.05) is 0 Å². The summed E-state index contributed by atoms with van der Waals surface area (Å²) in [5.41, 5.74) is 0.262. The quantitative estimate of drug-likeness (QED) is 0.830. The number of halogens is 1. The first-order chi connectivity index (χ1) is 11.8. The second-order valence-corrected chi connectivity index (χ2v) is 9.19. The minimum atomic E-state index is -3.86. The van der Waals surface area contributed by atoms with E-state index in [9.17, 15) is 17.6 Å². The topological polar surface area (TPSA) is 69.7 Å². The molecule has 25 heavy (non-hydrogen) atoms. The Labute approximate surface area is 148 Å². The smallest absolute Gasteiger partial charge is 0.304 e. The van der Waals surface area contributed by atoms with Crippen LogP contribution in [-0.4, -0.2) is 45.3 Å². The summed E-state index contributed by atoms with van der Waals surface area (Å²) in [6.45, 7) is -0.319. The fourth-order valence-corrected chi connectivity index (χ4v) is 4.98. The van der Waals surface area contributed by atoms with Crippen molar-refractivity contribution in [2.45, 2.75) is 31.7 Å².